The molecule has 2 aromatic heterocycles. The van der Waals surface area contributed by atoms with Crippen molar-refractivity contribution in [1.29, 1.82) is 0 Å². The number of carbonyl (C=O) groups is 1. The number of aryl methyl sites for hydroxylation is 1. The fraction of sp³-hybridized carbons (Fsp3) is 0.368. The van der Waals surface area contributed by atoms with Crippen LogP contribution < -0.4 is 0 Å². The molecule has 0 spiro atoms. The fourth-order valence-corrected chi connectivity index (χ4v) is 4.92. The first-order valence-corrected chi connectivity index (χ1v) is 10.3. The van der Waals surface area contributed by atoms with Crippen LogP contribution in [0, 0.1) is 6.92 Å². The summed E-state index contributed by atoms with van der Waals surface area (Å²) in [7, 11) is 1.85. The van der Waals surface area contributed by atoms with Crippen molar-refractivity contribution in [2.45, 2.75) is 25.9 Å². The first kappa shape index (κ1) is 18.7. The molecule has 1 fully saturated rings. The van der Waals surface area contributed by atoms with Gasteiger partial charge in [0.25, 0.3) is 5.91 Å². The highest BCUT2D eigenvalue weighted by Crippen LogP contribution is 2.31. The lowest BCUT2D eigenvalue weighted by Crippen LogP contribution is -2.36. The van der Waals surface area contributed by atoms with Gasteiger partial charge in [0.1, 0.15) is 4.83 Å². The van der Waals surface area contributed by atoms with Crippen molar-refractivity contribution >= 4 is 50.7 Å². The number of fused-ring (bicyclic) bond motifs is 1. The van der Waals surface area contributed by atoms with Gasteiger partial charge in [-0.2, -0.15) is 5.10 Å². The summed E-state index contributed by atoms with van der Waals surface area (Å²) in [6.45, 7) is 3.80. The van der Waals surface area contributed by atoms with E-state index in [4.69, 9.17) is 27.9 Å². The number of nitrogens with zero attached hydrogens (tertiary/aromatic N) is 3. The molecular weight excluding hydrogens is 405 g/mol. The van der Waals surface area contributed by atoms with Gasteiger partial charge in [0.2, 0.25) is 0 Å². The summed E-state index contributed by atoms with van der Waals surface area (Å²) in [6.07, 6.45) is 0.884. The lowest BCUT2D eigenvalue weighted by atomic mass is 10.2. The van der Waals surface area contributed by atoms with Crippen LogP contribution >= 0.6 is 34.5 Å². The number of aromatic nitrogens is 2. The number of amides is 1. The SMILES string of the molecule is Cc1nn(Cc2ccc(Cl)cc2Cl)c2sc(C(=O)N(C)C3CCOC3)cc12. The molecule has 1 aliphatic heterocycles. The summed E-state index contributed by atoms with van der Waals surface area (Å²) in [5, 5.41) is 6.84. The molecule has 5 nitrogen and oxygen atoms in total. The van der Waals surface area contributed by atoms with E-state index >= 15 is 0 Å². The summed E-state index contributed by atoms with van der Waals surface area (Å²) in [5.74, 6) is 0.0298. The summed E-state index contributed by atoms with van der Waals surface area (Å²) in [5.41, 5.74) is 1.84. The number of carbonyl (C=O) groups excluding carboxylic acids is 1. The Hall–Kier alpha value is -1.60. The highest BCUT2D eigenvalue weighted by Gasteiger charge is 2.27. The quantitative estimate of drug-likeness (QED) is 0.614. The molecule has 0 aliphatic carbocycles. The summed E-state index contributed by atoms with van der Waals surface area (Å²) in [4.78, 5) is 16.4. The Labute approximate surface area is 171 Å². The minimum Gasteiger partial charge on any atom is -0.379 e. The third kappa shape index (κ3) is 3.59. The summed E-state index contributed by atoms with van der Waals surface area (Å²) >= 11 is 13.8. The van der Waals surface area contributed by atoms with Crippen LogP contribution in [-0.4, -0.2) is 46.9 Å². The molecule has 1 amide bonds. The number of thiophene rings is 1. The van der Waals surface area contributed by atoms with Crippen molar-refractivity contribution in [3.63, 3.8) is 0 Å². The molecule has 0 radical (unpaired) electrons. The highest BCUT2D eigenvalue weighted by molar-refractivity contribution is 7.20. The van der Waals surface area contributed by atoms with E-state index in [1.54, 1.807) is 11.0 Å². The Bertz CT molecular complexity index is 1010. The molecule has 3 heterocycles. The van der Waals surface area contributed by atoms with Crippen molar-refractivity contribution < 1.29 is 9.53 Å². The molecule has 1 unspecified atom stereocenters. The van der Waals surface area contributed by atoms with Gasteiger partial charge in [0, 0.05) is 29.1 Å². The van der Waals surface area contributed by atoms with Gasteiger partial charge in [-0.3, -0.25) is 9.48 Å². The predicted octanol–water partition coefficient (Wildman–Crippen LogP) is 4.62. The third-order valence-corrected chi connectivity index (χ3v) is 6.65. The largest absolute Gasteiger partial charge is 0.379 e. The number of ether oxygens (including phenoxy) is 1. The number of halogens is 2. The monoisotopic (exact) mass is 423 g/mol. The minimum absolute atomic E-state index is 0.0298. The standard InChI is InChI=1S/C19H19Cl2N3O2S/c1-11-15-8-17(18(25)23(2)14-5-6-26-10-14)27-19(15)24(22-11)9-12-3-4-13(20)7-16(12)21/h3-4,7-8,14H,5-6,9-10H2,1-2H3. The van der Waals surface area contributed by atoms with E-state index in [0.29, 0.717) is 29.8 Å². The van der Waals surface area contributed by atoms with Gasteiger partial charge in [-0.25, -0.2) is 0 Å². The average molecular weight is 424 g/mol. The van der Waals surface area contributed by atoms with Crippen LogP contribution in [-0.2, 0) is 11.3 Å². The molecule has 1 aliphatic rings. The number of rotatable bonds is 4. The molecule has 4 rings (SSSR count). The zero-order chi connectivity index (χ0) is 19.1. The van der Waals surface area contributed by atoms with Gasteiger partial charge in [0.15, 0.2) is 0 Å². The number of likely N-dealkylation sites (N-methyl/N-ethyl adjacent to an activating group) is 1. The molecule has 0 saturated carbocycles. The van der Waals surface area contributed by atoms with Gasteiger partial charge >= 0.3 is 0 Å². The van der Waals surface area contributed by atoms with E-state index in [1.165, 1.54) is 11.3 Å². The maximum atomic E-state index is 12.9. The molecule has 1 aromatic carbocycles. The van der Waals surface area contributed by atoms with E-state index in [9.17, 15) is 4.79 Å². The second-order valence-electron chi connectivity index (χ2n) is 6.74. The Morgan fingerprint density at radius 2 is 2.22 bits per heavy atom. The topological polar surface area (TPSA) is 47.4 Å². The zero-order valence-electron chi connectivity index (χ0n) is 15.0. The normalized spacial score (nSPS) is 17.0. The number of hydrogen-bond acceptors (Lipinski definition) is 4. The van der Waals surface area contributed by atoms with Crippen LogP contribution in [0.2, 0.25) is 10.0 Å². The first-order chi connectivity index (χ1) is 12.9. The van der Waals surface area contributed by atoms with Crippen LogP contribution in [0.3, 0.4) is 0 Å². The van der Waals surface area contributed by atoms with Crippen LogP contribution in [0.4, 0.5) is 0 Å². The zero-order valence-corrected chi connectivity index (χ0v) is 17.4. The van der Waals surface area contributed by atoms with Crippen molar-refractivity contribution in [3.8, 4) is 0 Å². The lowest BCUT2D eigenvalue weighted by molar-refractivity contribution is 0.0716. The molecular formula is C19H19Cl2N3O2S. The maximum absolute atomic E-state index is 12.9. The van der Waals surface area contributed by atoms with E-state index < -0.39 is 0 Å². The van der Waals surface area contributed by atoms with E-state index in [2.05, 4.69) is 5.10 Å². The number of hydrogen-bond donors (Lipinski definition) is 0. The van der Waals surface area contributed by atoms with Crippen molar-refractivity contribution in [2.24, 2.45) is 0 Å². The van der Waals surface area contributed by atoms with Crippen LogP contribution in [0.1, 0.15) is 27.3 Å². The van der Waals surface area contributed by atoms with Crippen molar-refractivity contribution in [3.05, 3.63) is 50.4 Å². The van der Waals surface area contributed by atoms with E-state index in [1.807, 2.05) is 36.9 Å². The Morgan fingerprint density at radius 3 is 2.93 bits per heavy atom. The van der Waals surface area contributed by atoms with Crippen LogP contribution in [0.15, 0.2) is 24.3 Å². The van der Waals surface area contributed by atoms with E-state index in [-0.39, 0.29) is 11.9 Å². The van der Waals surface area contributed by atoms with Crippen LogP contribution in [0.25, 0.3) is 10.2 Å². The first-order valence-electron chi connectivity index (χ1n) is 8.70. The fourth-order valence-electron chi connectivity index (χ4n) is 3.30. The predicted molar refractivity (Wildman–Crippen MR) is 109 cm³/mol. The number of benzene rings is 1. The smallest absolute Gasteiger partial charge is 0.264 e. The Morgan fingerprint density at radius 1 is 1.41 bits per heavy atom. The third-order valence-electron chi connectivity index (χ3n) is 4.93. The van der Waals surface area contributed by atoms with Gasteiger partial charge in [-0.15, -0.1) is 11.3 Å². The van der Waals surface area contributed by atoms with Gasteiger partial charge < -0.3 is 9.64 Å². The molecule has 0 bridgehead atoms. The molecule has 1 saturated heterocycles. The molecule has 1 atom stereocenters. The van der Waals surface area contributed by atoms with Crippen molar-refractivity contribution in [2.75, 3.05) is 20.3 Å². The summed E-state index contributed by atoms with van der Waals surface area (Å²) < 4.78 is 7.31. The second-order valence-corrected chi connectivity index (χ2v) is 8.62. The Kier molecular flexibility index (Phi) is 5.16. The average Bonchev–Trinajstić information content (AvgIpc) is 3.36. The molecule has 27 heavy (non-hydrogen) atoms. The summed E-state index contributed by atoms with van der Waals surface area (Å²) in [6, 6.07) is 7.54. The van der Waals surface area contributed by atoms with Gasteiger partial charge in [-0.05, 0) is 37.1 Å². The van der Waals surface area contributed by atoms with Gasteiger partial charge in [0.05, 0.1) is 29.8 Å². The van der Waals surface area contributed by atoms with E-state index in [0.717, 1.165) is 32.8 Å². The Balaban J connectivity index is 1.64. The molecule has 0 N–H and O–H groups in total. The van der Waals surface area contributed by atoms with Crippen molar-refractivity contribution in [1.82, 2.24) is 14.7 Å². The maximum Gasteiger partial charge on any atom is 0.264 e. The highest BCUT2D eigenvalue weighted by atomic mass is 35.5. The molecule has 142 valence electrons. The molecule has 3 aromatic rings. The van der Waals surface area contributed by atoms with Gasteiger partial charge in [-0.1, -0.05) is 29.3 Å². The lowest BCUT2D eigenvalue weighted by Gasteiger charge is -2.22. The minimum atomic E-state index is 0.0298. The second kappa shape index (κ2) is 7.43. The van der Waals surface area contributed by atoms with Crippen LogP contribution in [0.5, 0.6) is 0 Å². The molecule has 8 heteroatoms.